The Morgan fingerprint density at radius 1 is 1.10 bits per heavy atom. The number of hydrogen-bond acceptors (Lipinski definition) is 6. The molecule has 0 atom stereocenters. The van der Waals surface area contributed by atoms with Gasteiger partial charge in [-0.2, -0.15) is 0 Å². The van der Waals surface area contributed by atoms with E-state index in [1.54, 1.807) is 30.6 Å². The lowest BCUT2D eigenvalue weighted by Gasteiger charge is -2.22. The number of ether oxygens (including phenoxy) is 1. The van der Waals surface area contributed by atoms with E-state index >= 15 is 0 Å². The van der Waals surface area contributed by atoms with Crippen LogP contribution in [0.3, 0.4) is 0 Å². The Kier molecular flexibility index (Phi) is 6.94. The van der Waals surface area contributed by atoms with Crippen LogP contribution in [-0.4, -0.2) is 29.4 Å². The first-order chi connectivity index (χ1) is 14.1. The molecule has 0 fully saturated rings. The predicted octanol–water partition coefficient (Wildman–Crippen LogP) is 4.31. The maximum Gasteiger partial charge on any atom is 0.292 e. The molecule has 0 aliphatic carbocycles. The van der Waals surface area contributed by atoms with Gasteiger partial charge in [0.15, 0.2) is 0 Å². The summed E-state index contributed by atoms with van der Waals surface area (Å²) < 4.78 is 5.42. The number of nitro groups is 1. The first kappa shape index (κ1) is 20.5. The first-order valence-electron chi connectivity index (χ1n) is 8.96. The molecule has 0 saturated heterocycles. The molecule has 7 nitrogen and oxygen atoms in total. The van der Waals surface area contributed by atoms with E-state index in [0.29, 0.717) is 13.1 Å². The molecule has 0 unspecified atom stereocenters. The summed E-state index contributed by atoms with van der Waals surface area (Å²) in [4.78, 5) is 26.4. The lowest BCUT2D eigenvalue weighted by Crippen LogP contribution is -2.32. The van der Waals surface area contributed by atoms with Crippen LogP contribution in [0.2, 0.25) is 0 Å². The molecule has 1 heterocycles. The van der Waals surface area contributed by atoms with Crippen molar-refractivity contribution in [2.75, 3.05) is 19.0 Å². The predicted molar refractivity (Wildman–Crippen MR) is 113 cm³/mol. The van der Waals surface area contributed by atoms with Crippen LogP contribution >= 0.6 is 11.3 Å². The lowest BCUT2D eigenvalue weighted by molar-refractivity contribution is -0.383. The molecule has 0 bridgehead atoms. The van der Waals surface area contributed by atoms with Gasteiger partial charge >= 0.3 is 0 Å². The Hall–Kier alpha value is -3.23. The van der Waals surface area contributed by atoms with E-state index in [1.807, 2.05) is 46.7 Å². The van der Waals surface area contributed by atoms with Crippen molar-refractivity contribution < 1.29 is 14.5 Å². The van der Waals surface area contributed by atoms with E-state index in [1.165, 1.54) is 12.1 Å². The highest BCUT2D eigenvalue weighted by Gasteiger charge is 2.18. The van der Waals surface area contributed by atoms with E-state index in [0.717, 1.165) is 16.2 Å². The van der Waals surface area contributed by atoms with Crippen LogP contribution in [0.1, 0.15) is 10.4 Å². The second-order valence-electron chi connectivity index (χ2n) is 6.36. The van der Waals surface area contributed by atoms with Gasteiger partial charge in [-0.15, -0.1) is 11.3 Å². The minimum atomic E-state index is -0.506. The third kappa shape index (κ3) is 5.63. The Balaban J connectivity index is 1.76. The number of anilines is 1. The average molecular weight is 411 g/mol. The number of benzene rings is 2. The molecule has 1 amide bonds. The third-order valence-corrected chi connectivity index (χ3v) is 5.15. The number of para-hydroxylation sites is 3. The normalized spacial score (nSPS) is 10.7. The summed E-state index contributed by atoms with van der Waals surface area (Å²) in [7, 11) is 1.61. The number of methoxy groups -OCH3 is 1. The smallest absolute Gasteiger partial charge is 0.292 e. The summed E-state index contributed by atoms with van der Waals surface area (Å²) in [5.41, 5.74) is 1.02. The van der Waals surface area contributed by atoms with Crippen LogP contribution in [0, 0.1) is 10.1 Å². The summed E-state index contributed by atoms with van der Waals surface area (Å²) in [6.07, 6.45) is 0. The zero-order valence-corrected chi connectivity index (χ0v) is 16.7. The zero-order chi connectivity index (χ0) is 20.6. The molecule has 3 aromatic rings. The number of rotatable bonds is 9. The third-order valence-electron chi connectivity index (χ3n) is 4.29. The van der Waals surface area contributed by atoms with Crippen molar-refractivity contribution in [3.63, 3.8) is 0 Å². The standard InChI is InChI=1S/C21H21N3O4S/c1-28-20-11-5-2-7-16(20)13-23(14-17-8-6-12-29-17)15-21(25)22-18-9-3-4-10-19(18)24(26)27/h2-12H,13-15H2,1H3,(H,22,25). The largest absolute Gasteiger partial charge is 0.496 e. The summed E-state index contributed by atoms with van der Waals surface area (Å²) in [5.74, 6) is 0.438. The van der Waals surface area contributed by atoms with Gasteiger partial charge in [0.2, 0.25) is 5.91 Å². The van der Waals surface area contributed by atoms with Gasteiger partial charge in [0.05, 0.1) is 18.6 Å². The van der Waals surface area contributed by atoms with E-state index in [2.05, 4.69) is 5.32 Å². The summed E-state index contributed by atoms with van der Waals surface area (Å²) >= 11 is 1.62. The van der Waals surface area contributed by atoms with Crippen molar-refractivity contribution in [2.24, 2.45) is 0 Å². The van der Waals surface area contributed by atoms with Crippen LogP contribution in [0.15, 0.2) is 66.0 Å². The summed E-state index contributed by atoms with van der Waals surface area (Å²) in [6, 6.07) is 17.8. The van der Waals surface area contributed by atoms with Crippen LogP contribution in [0.25, 0.3) is 0 Å². The maximum absolute atomic E-state index is 12.7. The molecular weight excluding hydrogens is 390 g/mol. The Morgan fingerprint density at radius 2 is 1.86 bits per heavy atom. The molecule has 150 valence electrons. The minimum Gasteiger partial charge on any atom is -0.496 e. The fourth-order valence-electron chi connectivity index (χ4n) is 3.00. The van der Waals surface area contributed by atoms with Gasteiger partial charge in [-0.1, -0.05) is 36.4 Å². The topological polar surface area (TPSA) is 84.7 Å². The van der Waals surface area contributed by atoms with E-state index in [9.17, 15) is 14.9 Å². The molecule has 0 spiro atoms. The molecule has 1 aromatic heterocycles. The molecule has 29 heavy (non-hydrogen) atoms. The number of nitrogens with zero attached hydrogens (tertiary/aromatic N) is 2. The number of carbonyl (C=O) groups is 1. The molecule has 1 N–H and O–H groups in total. The average Bonchev–Trinajstić information content (AvgIpc) is 3.21. The van der Waals surface area contributed by atoms with Crippen LogP contribution in [0.5, 0.6) is 5.75 Å². The molecule has 0 aliphatic heterocycles. The monoisotopic (exact) mass is 411 g/mol. The van der Waals surface area contributed by atoms with Crippen LogP contribution in [-0.2, 0) is 17.9 Å². The lowest BCUT2D eigenvalue weighted by atomic mass is 10.2. The maximum atomic E-state index is 12.7. The number of carbonyl (C=O) groups excluding carboxylic acids is 1. The Morgan fingerprint density at radius 3 is 2.59 bits per heavy atom. The second kappa shape index (κ2) is 9.81. The van der Waals surface area contributed by atoms with Crippen LogP contribution < -0.4 is 10.1 Å². The highest BCUT2D eigenvalue weighted by atomic mass is 32.1. The molecule has 0 aliphatic rings. The van der Waals surface area contributed by atoms with Gasteiger partial charge in [0.25, 0.3) is 5.69 Å². The van der Waals surface area contributed by atoms with Crippen molar-refractivity contribution in [3.8, 4) is 5.75 Å². The SMILES string of the molecule is COc1ccccc1CN(CC(=O)Nc1ccccc1[N+](=O)[O-])Cc1cccs1. The van der Waals surface area contributed by atoms with E-state index < -0.39 is 4.92 Å². The number of nitro benzene ring substituents is 1. The molecule has 2 aromatic carbocycles. The highest BCUT2D eigenvalue weighted by Crippen LogP contribution is 2.24. The molecule has 3 rings (SSSR count). The van der Waals surface area contributed by atoms with Gasteiger partial charge in [0, 0.05) is 29.6 Å². The summed E-state index contributed by atoms with van der Waals surface area (Å²) in [5, 5.41) is 15.8. The van der Waals surface area contributed by atoms with E-state index in [4.69, 9.17) is 4.74 Å². The van der Waals surface area contributed by atoms with Crippen molar-refractivity contribution in [1.29, 1.82) is 0 Å². The van der Waals surface area contributed by atoms with Crippen molar-refractivity contribution in [3.05, 3.63) is 86.6 Å². The fraction of sp³-hybridized carbons (Fsp3) is 0.190. The first-order valence-corrected chi connectivity index (χ1v) is 9.84. The van der Waals surface area contributed by atoms with Gasteiger partial charge in [-0.3, -0.25) is 19.8 Å². The van der Waals surface area contributed by atoms with Gasteiger partial charge in [-0.25, -0.2) is 0 Å². The van der Waals surface area contributed by atoms with Gasteiger partial charge in [-0.05, 0) is 23.6 Å². The van der Waals surface area contributed by atoms with Crippen molar-refractivity contribution in [2.45, 2.75) is 13.1 Å². The number of nitrogens with one attached hydrogen (secondary N) is 1. The van der Waals surface area contributed by atoms with Crippen molar-refractivity contribution >= 4 is 28.6 Å². The number of hydrogen-bond donors (Lipinski definition) is 1. The summed E-state index contributed by atoms with van der Waals surface area (Å²) in [6.45, 7) is 1.17. The van der Waals surface area contributed by atoms with Crippen molar-refractivity contribution in [1.82, 2.24) is 4.90 Å². The Bertz CT molecular complexity index is 976. The zero-order valence-electron chi connectivity index (χ0n) is 15.9. The number of amides is 1. The molecule has 8 heteroatoms. The Labute approximate surface area is 172 Å². The van der Waals surface area contributed by atoms with Crippen LogP contribution in [0.4, 0.5) is 11.4 Å². The number of thiophene rings is 1. The quantitative estimate of drug-likeness (QED) is 0.419. The molecular formula is C21H21N3O4S. The fourth-order valence-corrected chi connectivity index (χ4v) is 3.74. The van der Waals surface area contributed by atoms with Gasteiger partial charge < -0.3 is 10.1 Å². The minimum absolute atomic E-state index is 0.0853. The van der Waals surface area contributed by atoms with E-state index in [-0.39, 0.29) is 23.8 Å². The second-order valence-corrected chi connectivity index (χ2v) is 7.39. The highest BCUT2D eigenvalue weighted by molar-refractivity contribution is 7.09. The molecule has 0 radical (unpaired) electrons. The van der Waals surface area contributed by atoms with Gasteiger partial charge in [0.1, 0.15) is 11.4 Å². The molecule has 0 saturated carbocycles.